The van der Waals surface area contributed by atoms with Gasteiger partial charge in [0, 0.05) is 24.9 Å². The van der Waals surface area contributed by atoms with Crippen LogP contribution >= 0.6 is 12.6 Å². The second-order valence-electron chi connectivity index (χ2n) is 4.35. The van der Waals surface area contributed by atoms with E-state index in [0.717, 1.165) is 37.6 Å². The second-order valence-corrected chi connectivity index (χ2v) is 5.08. The van der Waals surface area contributed by atoms with Gasteiger partial charge in [0.05, 0.1) is 14.2 Å². The quantitative estimate of drug-likeness (QED) is 0.810. The summed E-state index contributed by atoms with van der Waals surface area (Å²) >= 11 is 4.40. The third-order valence-electron chi connectivity index (χ3n) is 3.10. The molecule has 0 unspecified atom stereocenters. The van der Waals surface area contributed by atoms with Crippen LogP contribution in [0.4, 0.5) is 0 Å². The predicted molar refractivity (Wildman–Crippen MR) is 72.5 cm³/mol. The van der Waals surface area contributed by atoms with Crippen molar-refractivity contribution in [3.05, 3.63) is 23.8 Å². The molecule has 0 aliphatic carbocycles. The van der Waals surface area contributed by atoms with Crippen LogP contribution in [0.25, 0.3) is 0 Å². The average molecular weight is 253 g/mol. The molecule has 1 aromatic carbocycles. The first kappa shape index (κ1) is 12.6. The summed E-state index contributed by atoms with van der Waals surface area (Å²) in [5.41, 5.74) is 1.28. The van der Waals surface area contributed by atoms with Crippen LogP contribution < -0.4 is 9.47 Å². The zero-order valence-electron chi connectivity index (χ0n) is 10.3. The summed E-state index contributed by atoms with van der Waals surface area (Å²) in [6.45, 7) is 3.30. The maximum Gasteiger partial charge on any atom is 0.160 e. The highest BCUT2D eigenvalue weighted by Gasteiger charge is 2.22. The van der Waals surface area contributed by atoms with E-state index in [4.69, 9.17) is 9.47 Å². The van der Waals surface area contributed by atoms with Crippen LogP contribution in [0.15, 0.2) is 18.2 Å². The summed E-state index contributed by atoms with van der Waals surface area (Å²) in [5, 5.41) is 0.570. The molecule has 1 aromatic rings. The van der Waals surface area contributed by atoms with Crippen molar-refractivity contribution in [3.8, 4) is 11.5 Å². The molecule has 17 heavy (non-hydrogen) atoms. The van der Waals surface area contributed by atoms with Crippen molar-refractivity contribution in [2.75, 3.05) is 33.9 Å². The number of ether oxygens (including phenoxy) is 2. The van der Waals surface area contributed by atoms with Crippen LogP contribution in [-0.2, 0) is 6.42 Å². The third kappa shape index (κ3) is 3.07. The smallest absolute Gasteiger partial charge is 0.160 e. The van der Waals surface area contributed by atoms with Crippen LogP contribution in [0.2, 0.25) is 0 Å². The molecule has 0 spiro atoms. The first-order valence-electron chi connectivity index (χ1n) is 5.84. The van der Waals surface area contributed by atoms with Gasteiger partial charge in [0.2, 0.25) is 0 Å². The van der Waals surface area contributed by atoms with E-state index in [-0.39, 0.29) is 0 Å². The Kier molecular flexibility index (Phi) is 4.18. The van der Waals surface area contributed by atoms with Gasteiger partial charge in [0.25, 0.3) is 0 Å². The molecule has 0 N–H and O–H groups in total. The molecule has 1 saturated heterocycles. The SMILES string of the molecule is COc1ccc(CCN2CC(S)C2)cc1OC. The molecular formula is C13H19NO2S. The molecule has 1 aliphatic heterocycles. The Balaban J connectivity index is 1.92. The van der Waals surface area contributed by atoms with Crippen LogP contribution in [0, 0.1) is 0 Å². The lowest BCUT2D eigenvalue weighted by Gasteiger charge is -2.36. The molecule has 1 fully saturated rings. The zero-order valence-corrected chi connectivity index (χ0v) is 11.2. The summed E-state index contributed by atoms with van der Waals surface area (Å²) in [4.78, 5) is 2.41. The Hall–Kier alpha value is -0.870. The van der Waals surface area contributed by atoms with E-state index in [9.17, 15) is 0 Å². The van der Waals surface area contributed by atoms with Crippen molar-refractivity contribution in [1.82, 2.24) is 4.90 Å². The van der Waals surface area contributed by atoms with Gasteiger partial charge in [-0.3, -0.25) is 0 Å². The largest absolute Gasteiger partial charge is 0.493 e. The molecule has 0 saturated carbocycles. The van der Waals surface area contributed by atoms with Gasteiger partial charge in [-0.25, -0.2) is 0 Å². The number of likely N-dealkylation sites (tertiary alicyclic amines) is 1. The van der Waals surface area contributed by atoms with Crippen LogP contribution in [0.5, 0.6) is 11.5 Å². The van der Waals surface area contributed by atoms with Crippen LogP contribution in [-0.4, -0.2) is 44.0 Å². The predicted octanol–water partition coefficient (Wildman–Crippen LogP) is 1.86. The number of thiol groups is 1. The molecule has 0 aromatic heterocycles. The molecule has 0 bridgehead atoms. The van der Waals surface area contributed by atoms with Gasteiger partial charge < -0.3 is 14.4 Å². The number of hydrogen-bond donors (Lipinski definition) is 1. The fourth-order valence-electron chi connectivity index (χ4n) is 2.05. The highest BCUT2D eigenvalue weighted by molar-refractivity contribution is 7.81. The van der Waals surface area contributed by atoms with Gasteiger partial charge in [0.1, 0.15) is 0 Å². The summed E-state index contributed by atoms with van der Waals surface area (Å²) in [6, 6.07) is 6.11. The third-order valence-corrected chi connectivity index (χ3v) is 3.43. The van der Waals surface area contributed by atoms with Gasteiger partial charge in [-0.15, -0.1) is 0 Å². The zero-order chi connectivity index (χ0) is 12.3. The molecule has 3 nitrogen and oxygen atoms in total. The van der Waals surface area contributed by atoms with Crippen LogP contribution in [0.3, 0.4) is 0 Å². The molecular weight excluding hydrogens is 234 g/mol. The molecule has 94 valence electrons. The van der Waals surface area contributed by atoms with Gasteiger partial charge in [-0.1, -0.05) is 6.07 Å². The topological polar surface area (TPSA) is 21.7 Å². The Bertz CT molecular complexity index is 378. The first-order valence-corrected chi connectivity index (χ1v) is 6.36. The monoisotopic (exact) mass is 253 g/mol. The van der Waals surface area contributed by atoms with Gasteiger partial charge >= 0.3 is 0 Å². The van der Waals surface area contributed by atoms with E-state index in [1.54, 1.807) is 14.2 Å². The molecule has 1 aliphatic rings. The van der Waals surface area contributed by atoms with Crippen molar-refractivity contribution in [3.63, 3.8) is 0 Å². The Labute approximate surface area is 108 Å². The first-order chi connectivity index (χ1) is 8.22. The number of benzene rings is 1. The van der Waals surface area contributed by atoms with E-state index >= 15 is 0 Å². The van der Waals surface area contributed by atoms with E-state index in [1.807, 2.05) is 6.07 Å². The molecule has 0 amide bonds. The molecule has 2 rings (SSSR count). The summed E-state index contributed by atoms with van der Waals surface area (Å²) in [6.07, 6.45) is 1.04. The van der Waals surface area contributed by atoms with E-state index < -0.39 is 0 Å². The fraction of sp³-hybridized carbons (Fsp3) is 0.538. The fourth-order valence-corrected chi connectivity index (χ4v) is 2.51. The van der Waals surface area contributed by atoms with Gasteiger partial charge in [0.15, 0.2) is 11.5 Å². The molecule has 1 heterocycles. The maximum atomic E-state index is 5.29. The Morgan fingerprint density at radius 1 is 1.24 bits per heavy atom. The number of methoxy groups -OCH3 is 2. The summed E-state index contributed by atoms with van der Waals surface area (Å²) < 4.78 is 10.5. The standard InChI is InChI=1S/C13H19NO2S/c1-15-12-4-3-10(7-13(12)16-2)5-6-14-8-11(17)9-14/h3-4,7,11,17H,5-6,8-9H2,1-2H3. The van der Waals surface area contributed by atoms with E-state index in [0.29, 0.717) is 5.25 Å². The van der Waals surface area contributed by atoms with Crippen molar-refractivity contribution in [2.24, 2.45) is 0 Å². The van der Waals surface area contributed by atoms with Crippen molar-refractivity contribution in [2.45, 2.75) is 11.7 Å². The maximum absolute atomic E-state index is 5.29. The highest BCUT2D eigenvalue weighted by Crippen LogP contribution is 2.27. The Morgan fingerprint density at radius 3 is 2.53 bits per heavy atom. The minimum absolute atomic E-state index is 0.570. The summed E-state index contributed by atoms with van der Waals surface area (Å²) in [7, 11) is 3.33. The van der Waals surface area contributed by atoms with E-state index in [2.05, 4.69) is 29.7 Å². The van der Waals surface area contributed by atoms with Crippen molar-refractivity contribution >= 4 is 12.6 Å². The van der Waals surface area contributed by atoms with Crippen molar-refractivity contribution in [1.29, 1.82) is 0 Å². The minimum Gasteiger partial charge on any atom is -0.493 e. The van der Waals surface area contributed by atoms with Gasteiger partial charge in [-0.2, -0.15) is 12.6 Å². The van der Waals surface area contributed by atoms with E-state index in [1.165, 1.54) is 5.56 Å². The lowest BCUT2D eigenvalue weighted by atomic mass is 10.1. The molecule has 4 heteroatoms. The second kappa shape index (κ2) is 5.65. The average Bonchev–Trinajstić information content (AvgIpc) is 2.32. The number of nitrogens with zero attached hydrogens (tertiary/aromatic N) is 1. The summed E-state index contributed by atoms with van der Waals surface area (Å²) in [5.74, 6) is 1.59. The number of rotatable bonds is 5. The molecule has 0 atom stereocenters. The number of hydrogen-bond acceptors (Lipinski definition) is 4. The highest BCUT2D eigenvalue weighted by atomic mass is 32.1. The molecule has 0 radical (unpaired) electrons. The van der Waals surface area contributed by atoms with Crippen LogP contribution in [0.1, 0.15) is 5.56 Å². The van der Waals surface area contributed by atoms with Crippen molar-refractivity contribution < 1.29 is 9.47 Å². The Morgan fingerprint density at radius 2 is 1.94 bits per heavy atom. The van der Waals surface area contributed by atoms with Gasteiger partial charge in [-0.05, 0) is 24.1 Å². The lowest BCUT2D eigenvalue weighted by molar-refractivity contribution is 0.194. The minimum atomic E-state index is 0.570. The lowest BCUT2D eigenvalue weighted by Crippen LogP contribution is -2.48. The normalized spacial score (nSPS) is 16.6.